The molecule has 122 valence electrons. The van der Waals surface area contributed by atoms with Gasteiger partial charge in [0.25, 0.3) is 0 Å². The third-order valence-corrected chi connectivity index (χ3v) is 7.17. The number of sulfone groups is 1. The molecule has 3 heterocycles. The van der Waals surface area contributed by atoms with E-state index < -0.39 is 9.84 Å². The lowest BCUT2D eigenvalue weighted by Crippen LogP contribution is -2.43. The molecule has 1 aromatic rings. The molecule has 1 amide bonds. The Bertz CT molecular complexity index is 627. The van der Waals surface area contributed by atoms with Gasteiger partial charge in [-0.2, -0.15) is 11.3 Å². The minimum atomic E-state index is -2.91. The molecule has 2 aliphatic rings. The average molecular weight is 342 g/mol. The van der Waals surface area contributed by atoms with E-state index in [0.29, 0.717) is 13.0 Å². The lowest BCUT2D eigenvalue weighted by molar-refractivity contribution is -0.133. The smallest absolute Gasteiger partial charge is 0.237 e. The molecule has 1 aromatic heterocycles. The second-order valence-corrected chi connectivity index (χ2v) is 9.28. The van der Waals surface area contributed by atoms with Gasteiger partial charge in [0.2, 0.25) is 5.91 Å². The number of thiophene rings is 1. The highest BCUT2D eigenvalue weighted by molar-refractivity contribution is 7.91. The van der Waals surface area contributed by atoms with Crippen molar-refractivity contribution in [3.05, 3.63) is 22.4 Å². The van der Waals surface area contributed by atoms with Crippen molar-refractivity contribution >= 4 is 27.1 Å². The highest BCUT2D eigenvalue weighted by Gasteiger charge is 2.34. The van der Waals surface area contributed by atoms with Crippen molar-refractivity contribution in [2.24, 2.45) is 0 Å². The number of hydrogen-bond acceptors (Lipinski definition) is 5. The predicted octanol–water partition coefficient (Wildman–Crippen LogP) is 1.53. The highest BCUT2D eigenvalue weighted by atomic mass is 32.2. The Hall–Kier alpha value is -0.920. The van der Waals surface area contributed by atoms with Crippen molar-refractivity contribution in [1.82, 2.24) is 9.80 Å². The van der Waals surface area contributed by atoms with Crippen molar-refractivity contribution in [1.29, 1.82) is 0 Å². The van der Waals surface area contributed by atoms with E-state index in [9.17, 15) is 13.2 Å². The zero-order chi connectivity index (χ0) is 15.7. The van der Waals surface area contributed by atoms with Crippen molar-refractivity contribution < 1.29 is 13.2 Å². The van der Waals surface area contributed by atoms with Gasteiger partial charge in [-0.3, -0.25) is 9.69 Å². The van der Waals surface area contributed by atoms with Crippen LogP contribution in [0, 0.1) is 0 Å². The van der Waals surface area contributed by atoms with Gasteiger partial charge in [-0.05, 0) is 48.7 Å². The van der Waals surface area contributed by atoms with Gasteiger partial charge < -0.3 is 4.90 Å². The largest absolute Gasteiger partial charge is 0.335 e. The van der Waals surface area contributed by atoms with Crippen LogP contribution in [-0.2, 0) is 14.6 Å². The fourth-order valence-electron chi connectivity index (χ4n) is 3.43. The molecular formula is C15H22N2O3S2. The summed E-state index contributed by atoms with van der Waals surface area (Å²) in [6, 6.07) is 2.27. The third-order valence-electron chi connectivity index (χ3n) is 4.72. The molecule has 0 bridgehead atoms. The first-order chi connectivity index (χ1) is 10.5. The number of likely N-dealkylation sites (N-methyl/N-ethyl adjacent to an activating group) is 1. The summed E-state index contributed by atoms with van der Waals surface area (Å²) in [5, 5.41) is 4.16. The molecule has 0 aromatic carbocycles. The van der Waals surface area contributed by atoms with Crippen LogP contribution in [0.15, 0.2) is 16.8 Å². The molecule has 0 N–H and O–H groups in total. The SMILES string of the molecule is CN(CC(=O)N1CCC[C@H]1c1ccsc1)[C@H]1CCS(=O)(=O)C1. The fourth-order valence-corrected chi connectivity index (χ4v) is 5.94. The number of nitrogens with zero attached hydrogens (tertiary/aromatic N) is 2. The maximum Gasteiger partial charge on any atom is 0.237 e. The standard InChI is InChI=1S/C15H22N2O3S2/c1-16(13-5-8-22(19,20)11-13)9-15(18)17-6-2-3-14(17)12-4-7-21-10-12/h4,7,10,13-14H,2-3,5-6,8-9,11H2,1H3/t13-,14-/m0/s1. The first-order valence-corrected chi connectivity index (χ1v) is 10.4. The molecule has 3 rings (SSSR count). The van der Waals surface area contributed by atoms with Crippen LogP contribution >= 0.6 is 11.3 Å². The van der Waals surface area contributed by atoms with Crippen LogP contribution in [-0.4, -0.2) is 61.8 Å². The van der Waals surface area contributed by atoms with E-state index in [1.807, 2.05) is 22.2 Å². The number of likely N-dealkylation sites (tertiary alicyclic amines) is 1. The summed E-state index contributed by atoms with van der Waals surface area (Å²) in [4.78, 5) is 16.5. The lowest BCUT2D eigenvalue weighted by atomic mass is 10.1. The summed E-state index contributed by atoms with van der Waals surface area (Å²) in [7, 11) is -1.05. The Kier molecular flexibility index (Phi) is 4.56. The Labute approximate surface area is 135 Å². The van der Waals surface area contributed by atoms with Gasteiger partial charge in [-0.25, -0.2) is 8.42 Å². The molecule has 0 radical (unpaired) electrons. The van der Waals surface area contributed by atoms with Crippen LogP contribution in [0.3, 0.4) is 0 Å². The first-order valence-electron chi connectivity index (χ1n) is 7.68. The van der Waals surface area contributed by atoms with Gasteiger partial charge in [0, 0.05) is 12.6 Å². The van der Waals surface area contributed by atoms with Gasteiger partial charge in [-0.1, -0.05) is 0 Å². The van der Waals surface area contributed by atoms with Crippen molar-refractivity contribution in [3.63, 3.8) is 0 Å². The Morgan fingerprint density at radius 1 is 1.45 bits per heavy atom. The molecule has 0 spiro atoms. The minimum Gasteiger partial charge on any atom is -0.335 e. The van der Waals surface area contributed by atoms with Crippen molar-refractivity contribution in [3.8, 4) is 0 Å². The predicted molar refractivity (Wildman–Crippen MR) is 87.7 cm³/mol. The van der Waals surface area contributed by atoms with Crippen molar-refractivity contribution in [2.75, 3.05) is 31.6 Å². The van der Waals surface area contributed by atoms with Crippen LogP contribution in [0.25, 0.3) is 0 Å². The zero-order valence-corrected chi connectivity index (χ0v) is 14.4. The van der Waals surface area contributed by atoms with E-state index in [2.05, 4.69) is 11.4 Å². The summed E-state index contributed by atoms with van der Waals surface area (Å²) in [6.45, 7) is 1.11. The molecule has 22 heavy (non-hydrogen) atoms. The number of carbonyl (C=O) groups is 1. The van der Waals surface area contributed by atoms with Gasteiger partial charge in [-0.15, -0.1) is 0 Å². The average Bonchev–Trinajstić information content (AvgIpc) is 3.17. The normalized spacial score (nSPS) is 27.6. The summed E-state index contributed by atoms with van der Waals surface area (Å²) in [5.74, 6) is 0.544. The third kappa shape index (κ3) is 3.36. The van der Waals surface area contributed by atoms with Crippen LogP contribution in [0.5, 0.6) is 0 Å². The quantitative estimate of drug-likeness (QED) is 0.833. The van der Waals surface area contributed by atoms with E-state index in [4.69, 9.17) is 0 Å². The van der Waals surface area contributed by atoms with E-state index in [1.54, 1.807) is 11.3 Å². The van der Waals surface area contributed by atoms with E-state index in [0.717, 1.165) is 19.4 Å². The summed E-state index contributed by atoms with van der Waals surface area (Å²) in [5.41, 5.74) is 1.22. The second kappa shape index (κ2) is 6.29. The molecule has 2 aliphatic heterocycles. The van der Waals surface area contributed by atoms with E-state index in [-0.39, 0.29) is 29.5 Å². The maximum atomic E-state index is 12.6. The summed E-state index contributed by atoms with van der Waals surface area (Å²) < 4.78 is 23.1. The van der Waals surface area contributed by atoms with E-state index in [1.165, 1.54) is 5.56 Å². The lowest BCUT2D eigenvalue weighted by Gasteiger charge is -2.29. The van der Waals surface area contributed by atoms with Crippen LogP contribution in [0.2, 0.25) is 0 Å². The molecule has 2 atom stereocenters. The zero-order valence-electron chi connectivity index (χ0n) is 12.8. The van der Waals surface area contributed by atoms with E-state index >= 15 is 0 Å². The number of rotatable bonds is 4. The fraction of sp³-hybridized carbons (Fsp3) is 0.667. The van der Waals surface area contributed by atoms with Gasteiger partial charge in [0.15, 0.2) is 9.84 Å². The molecule has 2 saturated heterocycles. The molecule has 0 unspecified atom stereocenters. The first kappa shape index (κ1) is 16.0. The number of amides is 1. The summed E-state index contributed by atoms with van der Waals surface area (Å²) in [6.07, 6.45) is 2.69. The van der Waals surface area contributed by atoms with Gasteiger partial charge >= 0.3 is 0 Å². The van der Waals surface area contributed by atoms with Crippen LogP contribution in [0.1, 0.15) is 30.9 Å². The molecule has 0 aliphatic carbocycles. The molecular weight excluding hydrogens is 320 g/mol. The Morgan fingerprint density at radius 2 is 2.27 bits per heavy atom. The second-order valence-electron chi connectivity index (χ2n) is 6.27. The minimum absolute atomic E-state index is 0.0175. The molecule has 0 saturated carbocycles. The van der Waals surface area contributed by atoms with Crippen molar-refractivity contribution in [2.45, 2.75) is 31.3 Å². The van der Waals surface area contributed by atoms with Gasteiger partial charge in [0.1, 0.15) is 0 Å². The maximum absolute atomic E-state index is 12.6. The molecule has 2 fully saturated rings. The summed E-state index contributed by atoms with van der Waals surface area (Å²) >= 11 is 1.66. The molecule has 5 nitrogen and oxygen atoms in total. The topological polar surface area (TPSA) is 57.7 Å². The Balaban J connectivity index is 1.62. The van der Waals surface area contributed by atoms with Gasteiger partial charge in [0.05, 0.1) is 24.1 Å². The highest BCUT2D eigenvalue weighted by Crippen LogP contribution is 2.33. The molecule has 7 heteroatoms. The number of hydrogen-bond donors (Lipinski definition) is 0. The van der Waals surface area contributed by atoms with Crippen LogP contribution in [0.4, 0.5) is 0 Å². The van der Waals surface area contributed by atoms with Crippen LogP contribution < -0.4 is 0 Å². The number of carbonyl (C=O) groups excluding carboxylic acids is 1. The monoisotopic (exact) mass is 342 g/mol. The Morgan fingerprint density at radius 3 is 2.91 bits per heavy atom.